The number of rotatable bonds is 8. The number of aromatic nitrogens is 3. The largest absolute Gasteiger partial charge is 0.497 e. The maximum Gasteiger partial charge on any atom is 0.264 e. The zero-order valence-corrected chi connectivity index (χ0v) is 17.4. The van der Waals surface area contributed by atoms with Gasteiger partial charge in [0.15, 0.2) is 0 Å². The van der Waals surface area contributed by atoms with Crippen LogP contribution in [0.3, 0.4) is 0 Å². The predicted molar refractivity (Wildman–Crippen MR) is 115 cm³/mol. The predicted octanol–water partition coefficient (Wildman–Crippen LogP) is 2.85. The number of hydrazone groups is 1. The van der Waals surface area contributed by atoms with Crippen molar-refractivity contribution in [3.8, 4) is 5.75 Å². The molecule has 0 spiro atoms. The molecule has 0 unspecified atom stereocenters. The Hall–Kier alpha value is -3.67. The van der Waals surface area contributed by atoms with Crippen molar-refractivity contribution in [1.82, 2.24) is 14.9 Å². The summed E-state index contributed by atoms with van der Waals surface area (Å²) in [5.74, 6) is 4.27. The highest BCUT2D eigenvalue weighted by Crippen LogP contribution is 2.20. The third kappa shape index (κ3) is 5.48. The highest BCUT2D eigenvalue weighted by atomic mass is 32.2. The van der Waals surface area contributed by atoms with Crippen molar-refractivity contribution in [2.24, 2.45) is 5.10 Å². The lowest BCUT2D eigenvalue weighted by Crippen LogP contribution is -2.18. The van der Waals surface area contributed by atoms with Crippen molar-refractivity contribution in [3.63, 3.8) is 0 Å². The lowest BCUT2D eigenvalue weighted by atomic mass is 10.1. The Labute approximate surface area is 180 Å². The van der Waals surface area contributed by atoms with Crippen LogP contribution in [0.25, 0.3) is 0 Å². The maximum absolute atomic E-state index is 13.6. The summed E-state index contributed by atoms with van der Waals surface area (Å²) >= 11 is 0.947. The molecule has 3 aromatic rings. The minimum Gasteiger partial charge on any atom is -0.497 e. The number of carbonyl (C=O) groups is 1. The standard InChI is InChI=1S/C19H19F2N7O2S/c1-11(12-6-8-13(30-2)9-7-12)24-25-18-26-27-19(28(18)22)31-10-16(29)23-17-14(20)4-3-5-15(17)21/h3-9H,10,22H2,1-2H3,(H,23,29)(H,25,26)/b24-11+. The molecule has 3 rings (SSSR count). The number of hydrogen-bond donors (Lipinski definition) is 3. The first-order chi connectivity index (χ1) is 14.9. The Bertz CT molecular complexity index is 1080. The second-order valence-corrected chi connectivity index (χ2v) is 7.09. The number of hydrogen-bond acceptors (Lipinski definition) is 8. The van der Waals surface area contributed by atoms with Gasteiger partial charge in [-0.1, -0.05) is 17.8 Å². The van der Waals surface area contributed by atoms with E-state index in [-0.39, 0.29) is 16.9 Å². The quantitative estimate of drug-likeness (QED) is 0.210. The van der Waals surface area contributed by atoms with Crippen molar-refractivity contribution >= 4 is 35.0 Å². The van der Waals surface area contributed by atoms with E-state index in [1.807, 2.05) is 24.3 Å². The fourth-order valence-electron chi connectivity index (χ4n) is 2.41. The van der Waals surface area contributed by atoms with Crippen LogP contribution in [0.15, 0.2) is 52.7 Å². The Kier molecular flexibility index (Phi) is 7.03. The van der Waals surface area contributed by atoms with Crippen LogP contribution in [-0.2, 0) is 4.79 Å². The van der Waals surface area contributed by atoms with Crippen molar-refractivity contribution in [1.29, 1.82) is 0 Å². The summed E-state index contributed by atoms with van der Waals surface area (Å²) in [6.07, 6.45) is 0. The number of thioether (sulfide) groups is 1. The fourth-order valence-corrected chi connectivity index (χ4v) is 3.06. The Morgan fingerprint density at radius 3 is 2.52 bits per heavy atom. The molecule has 0 saturated heterocycles. The average Bonchev–Trinajstić information content (AvgIpc) is 3.12. The number of nitrogens with zero attached hydrogens (tertiary/aromatic N) is 4. The molecule has 1 aromatic heterocycles. The monoisotopic (exact) mass is 447 g/mol. The van der Waals surface area contributed by atoms with Crippen molar-refractivity contribution in [2.75, 3.05) is 29.4 Å². The first kappa shape index (κ1) is 22.0. The van der Waals surface area contributed by atoms with Crippen LogP contribution in [-0.4, -0.2) is 39.4 Å². The van der Waals surface area contributed by atoms with Crippen molar-refractivity contribution in [3.05, 3.63) is 59.7 Å². The van der Waals surface area contributed by atoms with E-state index in [2.05, 4.69) is 26.0 Å². The molecular weight excluding hydrogens is 428 g/mol. The summed E-state index contributed by atoms with van der Waals surface area (Å²) in [5.41, 5.74) is 3.74. The van der Waals surface area contributed by atoms with Gasteiger partial charge in [0, 0.05) is 0 Å². The normalized spacial score (nSPS) is 11.3. The number of nitrogens with two attached hydrogens (primary N) is 1. The van der Waals surface area contributed by atoms with E-state index in [0.717, 1.165) is 39.9 Å². The number of halogens is 2. The maximum atomic E-state index is 13.6. The first-order valence-electron chi connectivity index (χ1n) is 8.91. The number of amides is 1. The van der Waals surface area contributed by atoms with Crippen LogP contribution >= 0.6 is 11.8 Å². The summed E-state index contributed by atoms with van der Waals surface area (Å²) in [6, 6.07) is 10.6. The van der Waals surface area contributed by atoms with Gasteiger partial charge in [-0.25, -0.2) is 18.9 Å². The summed E-state index contributed by atoms with van der Waals surface area (Å²) in [7, 11) is 1.59. The number of nitrogens with one attached hydrogen (secondary N) is 2. The summed E-state index contributed by atoms with van der Waals surface area (Å²) in [6.45, 7) is 1.80. The lowest BCUT2D eigenvalue weighted by Gasteiger charge is -2.07. The Morgan fingerprint density at radius 1 is 1.19 bits per heavy atom. The zero-order chi connectivity index (χ0) is 22.4. The molecule has 0 saturated carbocycles. The molecule has 0 aliphatic carbocycles. The second kappa shape index (κ2) is 9.89. The van der Waals surface area contributed by atoms with Gasteiger partial charge in [0.2, 0.25) is 11.1 Å². The van der Waals surface area contributed by atoms with E-state index in [1.165, 1.54) is 6.07 Å². The van der Waals surface area contributed by atoms with Crippen LogP contribution in [0.5, 0.6) is 5.75 Å². The highest BCUT2D eigenvalue weighted by molar-refractivity contribution is 7.99. The van der Waals surface area contributed by atoms with Gasteiger partial charge in [-0.2, -0.15) is 5.10 Å². The van der Waals surface area contributed by atoms with Crippen molar-refractivity contribution in [2.45, 2.75) is 12.1 Å². The third-order valence-electron chi connectivity index (χ3n) is 4.06. The van der Waals surface area contributed by atoms with Crippen LogP contribution < -0.4 is 21.3 Å². The van der Waals surface area contributed by atoms with E-state index in [9.17, 15) is 13.6 Å². The van der Waals surface area contributed by atoms with Gasteiger partial charge in [-0.15, -0.1) is 10.2 Å². The Morgan fingerprint density at radius 2 is 1.87 bits per heavy atom. The molecule has 0 fully saturated rings. The molecule has 0 bridgehead atoms. The number of methoxy groups -OCH3 is 1. The molecule has 2 aromatic carbocycles. The second-order valence-electron chi connectivity index (χ2n) is 6.15. The lowest BCUT2D eigenvalue weighted by molar-refractivity contribution is -0.113. The van der Waals surface area contributed by atoms with Crippen LogP contribution in [0.2, 0.25) is 0 Å². The molecule has 12 heteroatoms. The number of ether oxygens (including phenoxy) is 1. The molecule has 1 amide bonds. The number of para-hydroxylation sites is 1. The number of nitrogen functional groups attached to an aromatic ring is 1. The van der Waals surface area contributed by atoms with Gasteiger partial charge in [-0.05, 0) is 48.9 Å². The van der Waals surface area contributed by atoms with E-state index < -0.39 is 23.2 Å². The third-order valence-corrected chi connectivity index (χ3v) is 5.00. The minimum absolute atomic E-state index is 0.149. The van der Waals surface area contributed by atoms with E-state index in [1.54, 1.807) is 14.0 Å². The van der Waals surface area contributed by atoms with Gasteiger partial charge < -0.3 is 15.9 Å². The number of benzene rings is 2. The zero-order valence-electron chi connectivity index (χ0n) is 16.6. The molecule has 0 aliphatic rings. The topological polar surface area (TPSA) is 119 Å². The molecule has 0 atom stereocenters. The van der Waals surface area contributed by atoms with Crippen molar-refractivity contribution < 1.29 is 18.3 Å². The van der Waals surface area contributed by atoms with Crippen LogP contribution in [0.4, 0.5) is 20.4 Å². The molecular formula is C19H19F2N7O2S. The smallest absolute Gasteiger partial charge is 0.264 e. The summed E-state index contributed by atoms with van der Waals surface area (Å²) in [5, 5.41) is 14.4. The Balaban J connectivity index is 1.58. The van der Waals surface area contributed by atoms with E-state index in [4.69, 9.17) is 10.6 Å². The summed E-state index contributed by atoms with van der Waals surface area (Å²) < 4.78 is 33.5. The molecule has 0 radical (unpaired) electrons. The molecule has 0 aliphatic heterocycles. The fraction of sp³-hybridized carbons (Fsp3) is 0.158. The van der Waals surface area contributed by atoms with Gasteiger partial charge in [-0.3, -0.25) is 4.79 Å². The van der Waals surface area contributed by atoms with Gasteiger partial charge in [0.05, 0.1) is 18.6 Å². The van der Waals surface area contributed by atoms with Gasteiger partial charge in [0.1, 0.15) is 23.1 Å². The van der Waals surface area contributed by atoms with Gasteiger partial charge >= 0.3 is 0 Å². The first-order valence-corrected chi connectivity index (χ1v) is 9.89. The highest BCUT2D eigenvalue weighted by Gasteiger charge is 2.15. The molecule has 1 heterocycles. The number of anilines is 2. The molecule has 9 nitrogen and oxygen atoms in total. The minimum atomic E-state index is -0.864. The van der Waals surface area contributed by atoms with E-state index in [0.29, 0.717) is 5.71 Å². The van der Waals surface area contributed by atoms with Gasteiger partial charge in [0.25, 0.3) is 5.95 Å². The number of carbonyl (C=O) groups excluding carboxylic acids is 1. The average molecular weight is 447 g/mol. The molecule has 4 N–H and O–H groups in total. The molecule has 31 heavy (non-hydrogen) atoms. The summed E-state index contributed by atoms with van der Waals surface area (Å²) in [4.78, 5) is 12.0. The van der Waals surface area contributed by atoms with Crippen LogP contribution in [0, 0.1) is 11.6 Å². The van der Waals surface area contributed by atoms with Crippen LogP contribution in [0.1, 0.15) is 12.5 Å². The SMILES string of the molecule is COc1ccc(/C(C)=N/Nc2nnc(SCC(=O)Nc3c(F)cccc3F)n2N)cc1. The van der Waals surface area contributed by atoms with E-state index >= 15 is 0 Å². The molecule has 162 valence electrons.